The maximum Gasteiger partial charge on any atom is 0.0399 e. The Kier molecular flexibility index (Phi) is 4.06. The van der Waals surface area contributed by atoms with Gasteiger partial charge >= 0.3 is 0 Å². The number of anilines is 1. The fourth-order valence-electron chi connectivity index (χ4n) is 3.05. The Labute approximate surface area is 105 Å². The SMILES string of the molecule is CC1CC(C)CN(c2ccccc2CCN)C1. The Balaban J connectivity index is 2.20. The van der Waals surface area contributed by atoms with Crippen molar-refractivity contribution in [1.29, 1.82) is 0 Å². The van der Waals surface area contributed by atoms with Crippen LogP contribution in [-0.4, -0.2) is 19.6 Å². The van der Waals surface area contributed by atoms with E-state index in [1.165, 1.54) is 30.8 Å². The average Bonchev–Trinajstić information content (AvgIpc) is 2.29. The van der Waals surface area contributed by atoms with Gasteiger partial charge < -0.3 is 10.6 Å². The molecule has 1 aromatic carbocycles. The molecule has 1 saturated heterocycles. The third-order valence-corrected chi connectivity index (χ3v) is 3.61. The fraction of sp³-hybridized carbons (Fsp3) is 0.600. The predicted molar refractivity (Wildman–Crippen MR) is 74.4 cm³/mol. The first-order chi connectivity index (χ1) is 8.20. The molecule has 2 atom stereocenters. The van der Waals surface area contributed by atoms with Crippen LogP contribution in [-0.2, 0) is 6.42 Å². The van der Waals surface area contributed by atoms with Crippen molar-refractivity contribution < 1.29 is 0 Å². The van der Waals surface area contributed by atoms with Crippen LogP contribution in [0.2, 0.25) is 0 Å². The molecule has 2 heteroatoms. The van der Waals surface area contributed by atoms with Crippen molar-refractivity contribution in [2.24, 2.45) is 17.6 Å². The molecule has 1 aliphatic heterocycles. The highest BCUT2D eigenvalue weighted by Crippen LogP contribution is 2.28. The molecule has 2 nitrogen and oxygen atoms in total. The van der Waals surface area contributed by atoms with Gasteiger partial charge in [-0.1, -0.05) is 32.0 Å². The molecule has 1 fully saturated rings. The van der Waals surface area contributed by atoms with Crippen LogP contribution in [0.4, 0.5) is 5.69 Å². The van der Waals surface area contributed by atoms with Gasteiger partial charge in [0.1, 0.15) is 0 Å². The summed E-state index contributed by atoms with van der Waals surface area (Å²) in [5.74, 6) is 1.59. The van der Waals surface area contributed by atoms with Crippen LogP contribution < -0.4 is 10.6 Å². The second kappa shape index (κ2) is 5.54. The van der Waals surface area contributed by atoms with E-state index >= 15 is 0 Å². The van der Waals surface area contributed by atoms with E-state index in [0.717, 1.165) is 24.8 Å². The molecule has 1 aliphatic rings. The van der Waals surface area contributed by atoms with Gasteiger partial charge in [0.15, 0.2) is 0 Å². The van der Waals surface area contributed by atoms with Gasteiger partial charge in [-0.15, -0.1) is 0 Å². The molecular formula is C15H24N2. The lowest BCUT2D eigenvalue weighted by atomic mass is 9.91. The van der Waals surface area contributed by atoms with Crippen LogP contribution >= 0.6 is 0 Å². The molecule has 2 unspecified atom stereocenters. The fourth-order valence-corrected chi connectivity index (χ4v) is 3.05. The van der Waals surface area contributed by atoms with Crippen molar-refractivity contribution in [3.8, 4) is 0 Å². The summed E-state index contributed by atoms with van der Waals surface area (Å²) in [6.45, 7) is 7.82. The summed E-state index contributed by atoms with van der Waals surface area (Å²) in [6, 6.07) is 8.71. The molecule has 1 aromatic rings. The third kappa shape index (κ3) is 3.01. The lowest BCUT2D eigenvalue weighted by Gasteiger charge is -2.37. The third-order valence-electron chi connectivity index (χ3n) is 3.61. The standard InChI is InChI=1S/C15H24N2/c1-12-9-13(2)11-17(10-12)15-6-4-3-5-14(15)7-8-16/h3-6,12-13H,7-11,16H2,1-2H3. The minimum atomic E-state index is 0.732. The number of hydrogen-bond donors (Lipinski definition) is 1. The van der Waals surface area contributed by atoms with Gasteiger partial charge in [0.2, 0.25) is 0 Å². The van der Waals surface area contributed by atoms with Gasteiger partial charge in [-0.2, -0.15) is 0 Å². The molecule has 2 rings (SSSR count). The van der Waals surface area contributed by atoms with Gasteiger partial charge in [0, 0.05) is 18.8 Å². The molecule has 0 bridgehead atoms. The van der Waals surface area contributed by atoms with Gasteiger partial charge in [-0.3, -0.25) is 0 Å². The second-order valence-corrected chi connectivity index (χ2v) is 5.52. The Morgan fingerprint density at radius 1 is 1.18 bits per heavy atom. The molecule has 0 aliphatic carbocycles. The van der Waals surface area contributed by atoms with E-state index in [1.54, 1.807) is 0 Å². The highest BCUT2D eigenvalue weighted by Gasteiger charge is 2.22. The quantitative estimate of drug-likeness (QED) is 0.868. The molecule has 0 aromatic heterocycles. The summed E-state index contributed by atoms with van der Waals surface area (Å²) in [6.07, 6.45) is 2.34. The largest absolute Gasteiger partial charge is 0.371 e. The number of rotatable bonds is 3. The van der Waals surface area contributed by atoms with Crippen molar-refractivity contribution >= 4 is 5.69 Å². The Hall–Kier alpha value is -1.02. The van der Waals surface area contributed by atoms with Crippen LogP contribution in [0.25, 0.3) is 0 Å². The van der Waals surface area contributed by atoms with Crippen molar-refractivity contribution in [3.63, 3.8) is 0 Å². The van der Waals surface area contributed by atoms with Gasteiger partial charge in [0.25, 0.3) is 0 Å². The molecule has 2 N–H and O–H groups in total. The minimum Gasteiger partial charge on any atom is -0.371 e. The van der Waals surface area contributed by atoms with Crippen LogP contribution in [0.15, 0.2) is 24.3 Å². The smallest absolute Gasteiger partial charge is 0.0399 e. The summed E-state index contributed by atoms with van der Waals surface area (Å²) in [5, 5.41) is 0. The minimum absolute atomic E-state index is 0.732. The maximum absolute atomic E-state index is 5.70. The summed E-state index contributed by atoms with van der Waals surface area (Å²) in [4.78, 5) is 2.55. The highest BCUT2D eigenvalue weighted by molar-refractivity contribution is 5.54. The van der Waals surface area contributed by atoms with Gasteiger partial charge in [-0.25, -0.2) is 0 Å². The molecule has 0 saturated carbocycles. The predicted octanol–water partition coefficient (Wildman–Crippen LogP) is 2.67. The molecule has 0 amide bonds. The first kappa shape index (κ1) is 12.4. The van der Waals surface area contributed by atoms with E-state index in [9.17, 15) is 0 Å². The Morgan fingerprint density at radius 3 is 2.47 bits per heavy atom. The number of piperidine rings is 1. The molecule has 17 heavy (non-hydrogen) atoms. The van der Waals surface area contributed by atoms with Crippen LogP contribution in [0.5, 0.6) is 0 Å². The highest BCUT2D eigenvalue weighted by atomic mass is 15.1. The molecule has 1 heterocycles. The normalized spacial score (nSPS) is 25.0. The van der Waals surface area contributed by atoms with Crippen LogP contribution in [0.1, 0.15) is 25.8 Å². The van der Waals surface area contributed by atoms with Crippen molar-refractivity contribution in [2.75, 3.05) is 24.5 Å². The number of para-hydroxylation sites is 1. The lowest BCUT2D eigenvalue weighted by molar-refractivity contribution is 0.356. The van der Waals surface area contributed by atoms with Crippen molar-refractivity contribution in [2.45, 2.75) is 26.7 Å². The van der Waals surface area contributed by atoms with Gasteiger partial charge in [0.05, 0.1) is 0 Å². The number of nitrogens with zero attached hydrogens (tertiary/aromatic N) is 1. The zero-order chi connectivity index (χ0) is 12.3. The second-order valence-electron chi connectivity index (χ2n) is 5.52. The summed E-state index contributed by atoms with van der Waals surface area (Å²) in [7, 11) is 0. The van der Waals surface area contributed by atoms with E-state index < -0.39 is 0 Å². The maximum atomic E-state index is 5.70. The molecular weight excluding hydrogens is 208 g/mol. The molecule has 0 spiro atoms. The monoisotopic (exact) mass is 232 g/mol. The summed E-state index contributed by atoms with van der Waals surface area (Å²) >= 11 is 0. The van der Waals surface area contributed by atoms with Crippen LogP contribution in [0, 0.1) is 11.8 Å². The molecule has 0 radical (unpaired) electrons. The Morgan fingerprint density at radius 2 is 1.82 bits per heavy atom. The zero-order valence-corrected chi connectivity index (χ0v) is 11.0. The molecule has 94 valence electrons. The summed E-state index contributed by atoms with van der Waals surface area (Å²) < 4.78 is 0. The van der Waals surface area contributed by atoms with E-state index in [0.29, 0.717) is 0 Å². The lowest BCUT2D eigenvalue weighted by Crippen LogP contribution is -2.39. The van der Waals surface area contributed by atoms with E-state index in [2.05, 4.69) is 43.0 Å². The first-order valence-corrected chi connectivity index (χ1v) is 6.73. The summed E-state index contributed by atoms with van der Waals surface area (Å²) in [5.41, 5.74) is 8.49. The van der Waals surface area contributed by atoms with E-state index in [1.807, 2.05) is 0 Å². The first-order valence-electron chi connectivity index (χ1n) is 6.73. The topological polar surface area (TPSA) is 29.3 Å². The van der Waals surface area contributed by atoms with Crippen molar-refractivity contribution in [3.05, 3.63) is 29.8 Å². The van der Waals surface area contributed by atoms with Crippen molar-refractivity contribution in [1.82, 2.24) is 0 Å². The van der Waals surface area contributed by atoms with E-state index in [-0.39, 0.29) is 0 Å². The van der Waals surface area contributed by atoms with E-state index in [4.69, 9.17) is 5.73 Å². The number of hydrogen-bond acceptors (Lipinski definition) is 2. The number of nitrogens with two attached hydrogens (primary N) is 1. The Bertz CT molecular complexity index is 352. The number of benzene rings is 1. The average molecular weight is 232 g/mol. The van der Waals surface area contributed by atoms with Crippen LogP contribution in [0.3, 0.4) is 0 Å². The van der Waals surface area contributed by atoms with Gasteiger partial charge in [-0.05, 0) is 42.9 Å². The zero-order valence-electron chi connectivity index (χ0n) is 11.0.